The van der Waals surface area contributed by atoms with Gasteiger partial charge in [-0.15, -0.1) is 12.4 Å². The molecule has 0 aliphatic carbocycles. The van der Waals surface area contributed by atoms with Gasteiger partial charge in [-0.3, -0.25) is 0 Å². The fourth-order valence-corrected chi connectivity index (χ4v) is 2.19. The van der Waals surface area contributed by atoms with Gasteiger partial charge in [0.05, 0.1) is 6.61 Å². The molecule has 2 rings (SSSR count). The molecular weight excluding hydrogens is 350 g/mol. The predicted molar refractivity (Wildman–Crippen MR) is 109 cm³/mol. The highest BCUT2D eigenvalue weighted by Gasteiger charge is 2.12. The summed E-state index contributed by atoms with van der Waals surface area (Å²) in [5.74, 6) is 1.70. The van der Waals surface area contributed by atoms with Crippen LogP contribution in [-0.2, 0) is 4.74 Å². The molecule has 0 amide bonds. The molecule has 0 aromatic heterocycles. The third kappa shape index (κ3) is 8.56. The summed E-state index contributed by atoms with van der Waals surface area (Å²) in [7, 11) is 4.06. The normalized spacial score (nSPS) is 10.7. The van der Waals surface area contributed by atoms with Crippen LogP contribution >= 0.6 is 12.4 Å². The molecule has 0 fully saturated rings. The monoisotopic (exact) mass is 379 g/mol. The molecule has 4 nitrogen and oxygen atoms in total. The fraction of sp³-hybridized carbons (Fsp3) is 0.429. The first-order valence-electron chi connectivity index (χ1n) is 8.68. The first kappa shape index (κ1) is 22.3. The molecule has 5 heteroatoms. The van der Waals surface area contributed by atoms with Gasteiger partial charge in [0, 0.05) is 6.54 Å². The lowest BCUT2D eigenvalue weighted by atomic mass is 10.2. The maximum absolute atomic E-state index is 5.95. The van der Waals surface area contributed by atoms with Crippen LogP contribution in [0.15, 0.2) is 48.5 Å². The van der Waals surface area contributed by atoms with E-state index in [1.54, 1.807) is 0 Å². The van der Waals surface area contributed by atoms with E-state index in [0.29, 0.717) is 19.8 Å². The number of nitrogens with zero attached hydrogens (tertiary/aromatic N) is 1. The van der Waals surface area contributed by atoms with Crippen LogP contribution in [-0.4, -0.2) is 51.5 Å². The van der Waals surface area contributed by atoms with Gasteiger partial charge in [0.25, 0.3) is 0 Å². The van der Waals surface area contributed by atoms with Crippen molar-refractivity contribution in [2.24, 2.45) is 0 Å². The average molecular weight is 380 g/mol. The Balaban J connectivity index is 0.00000338. The molecule has 0 heterocycles. The Bertz CT molecular complexity index is 565. The number of benzene rings is 2. The van der Waals surface area contributed by atoms with Crippen molar-refractivity contribution < 1.29 is 14.2 Å². The molecule has 0 N–H and O–H groups in total. The first-order valence-corrected chi connectivity index (χ1v) is 8.68. The van der Waals surface area contributed by atoms with E-state index >= 15 is 0 Å². The van der Waals surface area contributed by atoms with E-state index in [2.05, 4.69) is 18.7 Å². The van der Waals surface area contributed by atoms with Crippen LogP contribution in [0.25, 0.3) is 0 Å². The maximum Gasteiger partial charge on any atom is 0.125 e. The Hall–Kier alpha value is -1.75. The van der Waals surface area contributed by atoms with Crippen molar-refractivity contribution in [1.82, 2.24) is 4.90 Å². The van der Waals surface area contributed by atoms with Gasteiger partial charge in [0.15, 0.2) is 0 Å². The van der Waals surface area contributed by atoms with Crippen LogP contribution < -0.4 is 9.47 Å². The zero-order valence-electron chi connectivity index (χ0n) is 16.1. The molecule has 0 saturated carbocycles. The summed E-state index contributed by atoms with van der Waals surface area (Å²) in [4.78, 5) is 2.10. The van der Waals surface area contributed by atoms with Gasteiger partial charge in [0.1, 0.15) is 30.8 Å². The molecule has 2 aromatic carbocycles. The minimum atomic E-state index is -0.123. The van der Waals surface area contributed by atoms with Gasteiger partial charge in [-0.25, -0.2) is 0 Å². The lowest BCUT2D eigenvalue weighted by Gasteiger charge is -2.20. The van der Waals surface area contributed by atoms with E-state index < -0.39 is 0 Å². The van der Waals surface area contributed by atoms with E-state index in [1.165, 1.54) is 11.1 Å². The van der Waals surface area contributed by atoms with Crippen LogP contribution in [0, 0.1) is 13.8 Å². The van der Waals surface area contributed by atoms with Crippen LogP contribution in [0.1, 0.15) is 11.1 Å². The molecule has 0 unspecified atom stereocenters. The Kier molecular flexibility index (Phi) is 10.1. The largest absolute Gasteiger partial charge is 0.491 e. The molecule has 0 saturated heterocycles. The van der Waals surface area contributed by atoms with Crippen molar-refractivity contribution >= 4 is 12.4 Å². The van der Waals surface area contributed by atoms with Crippen molar-refractivity contribution in [3.63, 3.8) is 0 Å². The molecule has 26 heavy (non-hydrogen) atoms. The zero-order valence-corrected chi connectivity index (χ0v) is 16.9. The van der Waals surface area contributed by atoms with Crippen molar-refractivity contribution in [1.29, 1.82) is 0 Å². The minimum Gasteiger partial charge on any atom is -0.491 e. The van der Waals surface area contributed by atoms with E-state index in [1.807, 2.05) is 62.6 Å². The second kappa shape index (κ2) is 11.8. The maximum atomic E-state index is 5.95. The highest BCUT2D eigenvalue weighted by Crippen LogP contribution is 2.14. The Labute approximate surface area is 163 Å². The van der Waals surface area contributed by atoms with Crippen LogP contribution in [0.5, 0.6) is 11.5 Å². The summed E-state index contributed by atoms with van der Waals surface area (Å²) in [6.45, 7) is 6.56. The van der Waals surface area contributed by atoms with Crippen molar-refractivity contribution in [3.05, 3.63) is 59.7 Å². The number of halogens is 1. The number of ether oxygens (including phenoxy) is 3. The lowest BCUT2D eigenvalue weighted by molar-refractivity contribution is -0.0118. The Morgan fingerprint density at radius 3 is 1.58 bits per heavy atom. The SMILES string of the molecule is Cc1ccc(OCC(COc2ccc(C)cc2)OCCN(C)C)cc1.Cl. The molecular formula is C21H30ClNO3. The third-order valence-electron chi connectivity index (χ3n) is 3.81. The molecule has 0 bridgehead atoms. The average Bonchev–Trinajstić information content (AvgIpc) is 2.59. The van der Waals surface area contributed by atoms with E-state index in [9.17, 15) is 0 Å². The standard InChI is InChI=1S/C21H29NO3.ClH/c1-17-5-9-19(10-6-17)24-15-21(23-14-13-22(3)4)16-25-20-11-7-18(2)8-12-20;/h5-12,21H,13-16H2,1-4H3;1H. The summed E-state index contributed by atoms with van der Waals surface area (Å²) in [5.41, 5.74) is 2.43. The number of hydrogen-bond donors (Lipinski definition) is 0. The van der Waals surface area contributed by atoms with Crippen molar-refractivity contribution in [3.8, 4) is 11.5 Å². The topological polar surface area (TPSA) is 30.9 Å². The van der Waals surface area contributed by atoms with Crippen molar-refractivity contribution in [2.45, 2.75) is 20.0 Å². The summed E-state index contributed by atoms with van der Waals surface area (Å²) in [6, 6.07) is 16.1. The van der Waals surface area contributed by atoms with Gasteiger partial charge in [-0.2, -0.15) is 0 Å². The lowest BCUT2D eigenvalue weighted by Crippen LogP contribution is -2.31. The number of hydrogen-bond acceptors (Lipinski definition) is 4. The second-order valence-corrected chi connectivity index (χ2v) is 6.54. The Morgan fingerprint density at radius 2 is 1.19 bits per heavy atom. The van der Waals surface area contributed by atoms with Gasteiger partial charge in [-0.1, -0.05) is 35.4 Å². The summed E-state index contributed by atoms with van der Waals surface area (Å²) in [6.07, 6.45) is -0.123. The quantitative estimate of drug-likeness (QED) is 0.621. The fourth-order valence-electron chi connectivity index (χ4n) is 2.19. The van der Waals surface area contributed by atoms with Crippen LogP contribution in [0.3, 0.4) is 0 Å². The summed E-state index contributed by atoms with van der Waals surface area (Å²) >= 11 is 0. The molecule has 0 spiro atoms. The number of aryl methyl sites for hydroxylation is 2. The van der Waals surface area contributed by atoms with Gasteiger partial charge < -0.3 is 19.1 Å². The zero-order chi connectivity index (χ0) is 18.1. The molecule has 0 radical (unpaired) electrons. The van der Waals surface area contributed by atoms with E-state index in [0.717, 1.165) is 18.0 Å². The molecule has 144 valence electrons. The van der Waals surface area contributed by atoms with Crippen molar-refractivity contribution in [2.75, 3.05) is 40.5 Å². The molecule has 0 aliphatic rings. The highest BCUT2D eigenvalue weighted by atomic mass is 35.5. The Morgan fingerprint density at radius 1 is 0.769 bits per heavy atom. The van der Waals surface area contributed by atoms with Gasteiger partial charge in [0.2, 0.25) is 0 Å². The van der Waals surface area contributed by atoms with Gasteiger partial charge in [-0.05, 0) is 52.2 Å². The molecule has 0 atom stereocenters. The smallest absolute Gasteiger partial charge is 0.125 e. The molecule has 0 aliphatic heterocycles. The summed E-state index contributed by atoms with van der Waals surface area (Å²) < 4.78 is 17.7. The van der Waals surface area contributed by atoms with E-state index in [-0.39, 0.29) is 18.5 Å². The third-order valence-corrected chi connectivity index (χ3v) is 3.81. The van der Waals surface area contributed by atoms with Crippen LogP contribution in [0.2, 0.25) is 0 Å². The second-order valence-electron chi connectivity index (χ2n) is 6.54. The predicted octanol–water partition coefficient (Wildman–Crippen LogP) is 4.13. The number of rotatable bonds is 10. The minimum absolute atomic E-state index is 0. The molecule has 2 aromatic rings. The summed E-state index contributed by atoms with van der Waals surface area (Å²) in [5, 5.41) is 0. The van der Waals surface area contributed by atoms with Crippen LogP contribution in [0.4, 0.5) is 0 Å². The number of likely N-dealkylation sites (N-methyl/N-ethyl adjacent to an activating group) is 1. The van der Waals surface area contributed by atoms with Gasteiger partial charge >= 0.3 is 0 Å². The first-order chi connectivity index (χ1) is 12.0. The van der Waals surface area contributed by atoms with E-state index in [4.69, 9.17) is 14.2 Å². The highest BCUT2D eigenvalue weighted by molar-refractivity contribution is 5.85.